The summed E-state index contributed by atoms with van der Waals surface area (Å²) >= 11 is 0. The highest BCUT2D eigenvalue weighted by atomic mass is 19.4. The molecule has 16 heavy (non-hydrogen) atoms. The first kappa shape index (κ1) is 14.7. The Labute approximate surface area is 90.8 Å². The SMILES string of the molecule is CCC(CNC(=O)CCC(F)(F)F)C(=O)O. The Morgan fingerprint density at radius 3 is 2.31 bits per heavy atom. The molecule has 94 valence electrons. The van der Waals surface area contributed by atoms with Crippen LogP contribution in [0.3, 0.4) is 0 Å². The van der Waals surface area contributed by atoms with Crippen LogP contribution in [0.4, 0.5) is 13.2 Å². The fourth-order valence-electron chi connectivity index (χ4n) is 0.987. The molecule has 0 fully saturated rings. The van der Waals surface area contributed by atoms with E-state index < -0.39 is 36.8 Å². The van der Waals surface area contributed by atoms with E-state index >= 15 is 0 Å². The number of aliphatic carboxylic acids is 1. The first-order valence-corrected chi connectivity index (χ1v) is 4.82. The summed E-state index contributed by atoms with van der Waals surface area (Å²) in [5.74, 6) is -2.61. The van der Waals surface area contributed by atoms with Gasteiger partial charge in [0.25, 0.3) is 0 Å². The van der Waals surface area contributed by atoms with Crippen molar-refractivity contribution in [1.29, 1.82) is 0 Å². The van der Waals surface area contributed by atoms with Gasteiger partial charge in [-0.25, -0.2) is 0 Å². The smallest absolute Gasteiger partial charge is 0.389 e. The zero-order valence-electron chi connectivity index (χ0n) is 8.80. The van der Waals surface area contributed by atoms with Gasteiger partial charge in [0, 0.05) is 13.0 Å². The predicted molar refractivity (Wildman–Crippen MR) is 49.7 cm³/mol. The maximum absolute atomic E-state index is 11.7. The lowest BCUT2D eigenvalue weighted by molar-refractivity contribution is -0.145. The highest BCUT2D eigenvalue weighted by Gasteiger charge is 2.28. The number of hydrogen-bond donors (Lipinski definition) is 2. The summed E-state index contributed by atoms with van der Waals surface area (Å²) in [6.07, 6.45) is -5.91. The van der Waals surface area contributed by atoms with Crippen molar-refractivity contribution in [2.45, 2.75) is 32.4 Å². The topological polar surface area (TPSA) is 66.4 Å². The number of nitrogens with one attached hydrogen (secondary N) is 1. The number of carbonyl (C=O) groups excluding carboxylic acids is 1. The van der Waals surface area contributed by atoms with Crippen LogP contribution in [0.2, 0.25) is 0 Å². The van der Waals surface area contributed by atoms with Crippen molar-refractivity contribution in [3.05, 3.63) is 0 Å². The van der Waals surface area contributed by atoms with Crippen LogP contribution in [0.25, 0.3) is 0 Å². The van der Waals surface area contributed by atoms with Crippen LogP contribution in [0.5, 0.6) is 0 Å². The lowest BCUT2D eigenvalue weighted by Crippen LogP contribution is -2.33. The Kier molecular flexibility index (Phi) is 5.84. The Balaban J connectivity index is 3.85. The summed E-state index contributed by atoms with van der Waals surface area (Å²) in [4.78, 5) is 21.5. The van der Waals surface area contributed by atoms with Gasteiger partial charge in [0.15, 0.2) is 0 Å². The lowest BCUT2D eigenvalue weighted by atomic mass is 10.1. The summed E-state index contributed by atoms with van der Waals surface area (Å²) in [7, 11) is 0. The van der Waals surface area contributed by atoms with Gasteiger partial charge in [0.2, 0.25) is 5.91 Å². The Morgan fingerprint density at radius 2 is 1.94 bits per heavy atom. The molecule has 0 aliphatic carbocycles. The molecule has 0 bridgehead atoms. The minimum Gasteiger partial charge on any atom is -0.481 e. The molecule has 0 aromatic heterocycles. The van der Waals surface area contributed by atoms with E-state index in [1.165, 1.54) is 0 Å². The number of carboxylic acid groups (broad SMARTS) is 1. The minimum absolute atomic E-state index is 0.136. The van der Waals surface area contributed by atoms with Crippen LogP contribution in [0.1, 0.15) is 26.2 Å². The predicted octanol–water partition coefficient (Wildman–Crippen LogP) is 1.56. The molecule has 4 nitrogen and oxygen atoms in total. The number of carbonyl (C=O) groups is 2. The zero-order chi connectivity index (χ0) is 12.8. The molecule has 0 saturated carbocycles. The maximum Gasteiger partial charge on any atom is 0.389 e. The fourth-order valence-corrected chi connectivity index (χ4v) is 0.987. The van der Waals surface area contributed by atoms with Crippen LogP contribution in [-0.4, -0.2) is 29.7 Å². The van der Waals surface area contributed by atoms with Gasteiger partial charge in [-0.2, -0.15) is 13.2 Å². The molecular formula is C9H14F3NO3. The first-order valence-electron chi connectivity index (χ1n) is 4.82. The quantitative estimate of drug-likeness (QED) is 0.741. The summed E-state index contributed by atoms with van der Waals surface area (Å²) in [6.45, 7) is 1.49. The van der Waals surface area contributed by atoms with E-state index in [-0.39, 0.29) is 6.54 Å². The summed E-state index contributed by atoms with van der Waals surface area (Å²) < 4.78 is 35.2. The molecule has 0 heterocycles. The van der Waals surface area contributed by atoms with Gasteiger partial charge in [0.1, 0.15) is 0 Å². The van der Waals surface area contributed by atoms with Crippen molar-refractivity contribution in [3.8, 4) is 0 Å². The second kappa shape index (κ2) is 6.34. The Hall–Kier alpha value is -1.27. The molecule has 0 aromatic carbocycles. The van der Waals surface area contributed by atoms with Crippen molar-refractivity contribution in [2.24, 2.45) is 5.92 Å². The first-order chi connectivity index (χ1) is 7.26. The van der Waals surface area contributed by atoms with Crippen molar-refractivity contribution < 1.29 is 27.9 Å². The highest BCUT2D eigenvalue weighted by molar-refractivity contribution is 5.77. The zero-order valence-corrected chi connectivity index (χ0v) is 8.80. The number of alkyl halides is 3. The minimum atomic E-state index is -4.37. The number of hydrogen-bond acceptors (Lipinski definition) is 2. The Bertz CT molecular complexity index is 253. The second-order valence-electron chi connectivity index (χ2n) is 3.36. The van der Waals surface area contributed by atoms with Gasteiger partial charge in [-0.3, -0.25) is 9.59 Å². The van der Waals surface area contributed by atoms with Gasteiger partial charge in [-0.15, -0.1) is 0 Å². The average Bonchev–Trinajstić information content (AvgIpc) is 2.14. The molecule has 1 unspecified atom stereocenters. The molecule has 0 radical (unpaired) electrons. The van der Waals surface area contributed by atoms with E-state index in [0.29, 0.717) is 6.42 Å². The Morgan fingerprint density at radius 1 is 1.38 bits per heavy atom. The van der Waals surface area contributed by atoms with Crippen molar-refractivity contribution in [2.75, 3.05) is 6.54 Å². The molecule has 0 aliphatic heterocycles. The highest BCUT2D eigenvalue weighted by Crippen LogP contribution is 2.20. The van der Waals surface area contributed by atoms with Gasteiger partial charge in [-0.1, -0.05) is 6.92 Å². The van der Waals surface area contributed by atoms with Crippen molar-refractivity contribution in [3.63, 3.8) is 0 Å². The van der Waals surface area contributed by atoms with Crippen LogP contribution < -0.4 is 5.32 Å². The monoisotopic (exact) mass is 241 g/mol. The third-order valence-corrected chi connectivity index (χ3v) is 2.02. The number of halogens is 3. The number of rotatable bonds is 6. The van der Waals surface area contributed by atoms with Gasteiger partial charge in [0.05, 0.1) is 12.3 Å². The molecule has 7 heteroatoms. The molecular weight excluding hydrogens is 227 g/mol. The molecule has 2 N–H and O–H groups in total. The van der Waals surface area contributed by atoms with Crippen LogP contribution in [-0.2, 0) is 9.59 Å². The number of amides is 1. The lowest BCUT2D eigenvalue weighted by Gasteiger charge is -2.11. The van der Waals surface area contributed by atoms with Crippen LogP contribution in [0.15, 0.2) is 0 Å². The normalized spacial score (nSPS) is 13.2. The van der Waals surface area contributed by atoms with Gasteiger partial charge < -0.3 is 10.4 Å². The molecule has 0 aromatic rings. The third-order valence-electron chi connectivity index (χ3n) is 2.02. The largest absolute Gasteiger partial charge is 0.481 e. The maximum atomic E-state index is 11.7. The molecule has 0 spiro atoms. The van der Waals surface area contributed by atoms with Crippen molar-refractivity contribution >= 4 is 11.9 Å². The average molecular weight is 241 g/mol. The molecule has 1 amide bonds. The van der Waals surface area contributed by atoms with E-state index in [9.17, 15) is 22.8 Å². The van der Waals surface area contributed by atoms with E-state index in [4.69, 9.17) is 5.11 Å². The van der Waals surface area contributed by atoms with E-state index in [2.05, 4.69) is 5.32 Å². The summed E-state index contributed by atoms with van der Waals surface area (Å²) in [5.41, 5.74) is 0. The van der Waals surface area contributed by atoms with Crippen LogP contribution >= 0.6 is 0 Å². The number of carboxylic acids is 1. The van der Waals surface area contributed by atoms with E-state index in [0.717, 1.165) is 0 Å². The third kappa shape index (κ3) is 7.08. The van der Waals surface area contributed by atoms with Crippen molar-refractivity contribution in [1.82, 2.24) is 5.32 Å². The summed E-state index contributed by atoms with van der Waals surface area (Å²) in [6, 6.07) is 0. The second-order valence-corrected chi connectivity index (χ2v) is 3.36. The molecule has 0 aliphatic rings. The standard InChI is InChI=1S/C9H14F3NO3/c1-2-6(8(15)16)5-13-7(14)3-4-9(10,11)12/h6H,2-5H2,1H3,(H,13,14)(H,15,16). The fraction of sp³-hybridized carbons (Fsp3) is 0.778. The van der Waals surface area contributed by atoms with Gasteiger partial charge in [-0.05, 0) is 6.42 Å². The molecule has 0 saturated heterocycles. The summed E-state index contributed by atoms with van der Waals surface area (Å²) in [5, 5.41) is 10.8. The van der Waals surface area contributed by atoms with Gasteiger partial charge >= 0.3 is 12.1 Å². The van der Waals surface area contributed by atoms with E-state index in [1.807, 2.05) is 0 Å². The molecule has 1 atom stereocenters. The van der Waals surface area contributed by atoms with E-state index in [1.54, 1.807) is 6.92 Å². The molecule has 0 rings (SSSR count). The van der Waals surface area contributed by atoms with Crippen LogP contribution in [0, 0.1) is 5.92 Å².